The van der Waals surface area contributed by atoms with E-state index in [9.17, 15) is 9.59 Å². The Morgan fingerprint density at radius 3 is 2.44 bits per heavy atom. The van der Waals surface area contributed by atoms with E-state index in [1.807, 2.05) is 30.3 Å². The quantitative estimate of drug-likeness (QED) is 0.758. The summed E-state index contributed by atoms with van der Waals surface area (Å²) in [5.74, 6) is -0.360. The average molecular weight is 222 g/mol. The van der Waals surface area contributed by atoms with Crippen LogP contribution in [0.3, 0.4) is 0 Å². The number of hydroxylamine groups is 1. The molecule has 0 radical (unpaired) electrons. The highest BCUT2D eigenvalue weighted by molar-refractivity contribution is 5.79. The van der Waals surface area contributed by atoms with Crippen molar-refractivity contribution in [3.63, 3.8) is 0 Å². The number of hydrogen-bond acceptors (Lipinski definition) is 3. The van der Waals surface area contributed by atoms with Gasteiger partial charge in [0.2, 0.25) is 0 Å². The molecule has 0 fully saturated rings. The maximum Gasteiger partial charge on any atom is 0.433 e. The van der Waals surface area contributed by atoms with Crippen molar-refractivity contribution in [2.24, 2.45) is 0 Å². The molecule has 0 saturated carbocycles. The molecule has 2 amide bonds. The van der Waals surface area contributed by atoms with Gasteiger partial charge in [0.05, 0.1) is 6.42 Å². The number of carbonyl (C=O) groups excluding carboxylic acids is 2. The van der Waals surface area contributed by atoms with Gasteiger partial charge in [-0.25, -0.2) is 4.79 Å². The molecule has 16 heavy (non-hydrogen) atoms. The van der Waals surface area contributed by atoms with E-state index < -0.39 is 6.09 Å². The number of carbonyl (C=O) groups is 2. The SMILES string of the molecule is CN(C)C(=O)ONC(=O)Cc1ccccc1. The highest BCUT2D eigenvalue weighted by Crippen LogP contribution is 1.99. The molecule has 1 N–H and O–H groups in total. The summed E-state index contributed by atoms with van der Waals surface area (Å²) >= 11 is 0. The first kappa shape index (κ1) is 12.0. The Morgan fingerprint density at radius 2 is 1.88 bits per heavy atom. The summed E-state index contributed by atoms with van der Waals surface area (Å²) in [6.45, 7) is 0. The lowest BCUT2D eigenvalue weighted by atomic mass is 10.1. The van der Waals surface area contributed by atoms with Crippen LogP contribution >= 0.6 is 0 Å². The van der Waals surface area contributed by atoms with Crippen LogP contribution in [0, 0.1) is 0 Å². The first-order chi connectivity index (χ1) is 7.59. The highest BCUT2D eigenvalue weighted by atomic mass is 16.7. The predicted octanol–water partition coefficient (Wildman–Crippen LogP) is 0.958. The third-order valence-electron chi connectivity index (χ3n) is 1.82. The summed E-state index contributed by atoms with van der Waals surface area (Å²) in [7, 11) is 3.07. The van der Waals surface area contributed by atoms with Gasteiger partial charge < -0.3 is 9.74 Å². The largest absolute Gasteiger partial charge is 0.433 e. The zero-order chi connectivity index (χ0) is 12.0. The smallest absolute Gasteiger partial charge is 0.321 e. The van der Waals surface area contributed by atoms with Crippen molar-refractivity contribution in [2.45, 2.75) is 6.42 Å². The highest BCUT2D eigenvalue weighted by Gasteiger charge is 2.08. The maximum atomic E-state index is 11.3. The number of hydrogen-bond donors (Lipinski definition) is 1. The van der Waals surface area contributed by atoms with Gasteiger partial charge in [-0.3, -0.25) is 4.79 Å². The van der Waals surface area contributed by atoms with Crippen molar-refractivity contribution in [1.29, 1.82) is 0 Å². The van der Waals surface area contributed by atoms with Crippen LogP contribution in [0.25, 0.3) is 0 Å². The van der Waals surface area contributed by atoms with Gasteiger partial charge in [0.25, 0.3) is 5.91 Å². The van der Waals surface area contributed by atoms with Crippen molar-refractivity contribution >= 4 is 12.0 Å². The lowest BCUT2D eigenvalue weighted by molar-refractivity contribution is -0.129. The van der Waals surface area contributed by atoms with E-state index in [0.29, 0.717) is 0 Å². The minimum absolute atomic E-state index is 0.182. The lowest BCUT2D eigenvalue weighted by Crippen LogP contribution is -2.33. The lowest BCUT2D eigenvalue weighted by Gasteiger charge is -2.10. The Balaban J connectivity index is 2.35. The van der Waals surface area contributed by atoms with Crippen LogP contribution in [-0.4, -0.2) is 31.0 Å². The molecule has 86 valence electrons. The summed E-state index contributed by atoms with van der Waals surface area (Å²) in [5.41, 5.74) is 2.94. The molecule has 0 aliphatic rings. The van der Waals surface area contributed by atoms with Crippen LogP contribution < -0.4 is 5.48 Å². The van der Waals surface area contributed by atoms with Crippen molar-refractivity contribution in [1.82, 2.24) is 10.4 Å². The van der Waals surface area contributed by atoms with E-state index in [2.05, 4.69) is 10.3 Å². The molecule has 0 aromatic heterocycles. The summed E-state index contributed by atoms with van der Waals surface area (Å²) in [4.78, 5) is 28.1. The third-order valence-corrected chi connectivity index (χ3v) is 1.82. The molecule has 0 atom stereocenters. The molecule has 5 heteroatoms. The Kier molecular flexibility index (Phi) is 4.32. The first-order valence-corrected chi connectivity index (χ1v) is 4.80. The molecule has 0 aliphatic carbocycles. The van der Waals surface area contributed by atoms with Crippen LogP contribution in [0.1, 0.15) is 5.56 Å². The molecule has 1 aromatic carbocycles. The van der Waals surface area contributed by atoms with Gasteiger partial charge in [-0.15, -0.1) is 0 Å². The Bertz CT molecular complexity index is 363. The van der Waals surface area contributed by atoms with Gasteiger partial charge in [-0.1, -0.05) is 30.3 Å². The minimum Gasteiger partial charge on any atom is -0.321 e. The van der Waals surface area contributed by atoms with Crippen LogP contribution in [0.5, 0.6) is 0 Å². The summed E-state index contributed by atoms with van der Waals surface area (Å²) in [6.07, 6.45) is -0.428. The third kappa shape index (κ3) is 4.00. The van der Waals surface area contributed by atoms with Gasteiger partial charge in [-0.2, -0.15) is 5.48 Å². The van der Waals surface area contributed by atoms with Crippen LogP contribution in [0.4, 0.5) is 4.79 Å². The number of nitrogens with one attached hydrogen (secondary N) is 1. The molecule has 0 heterocycles. The van der Waals surface area contributed by atoms with E-state index in [0.717, 1.165) is 5.56 Å². The van der Waals surface area contributed by atoms with E-state index >= 15 is 0 Å². The zero-order valence-electron chi connectivity index (χ0n) is 9.27. The number of benzene rings is 1. The van der Waals surface area contributed by atoms with Crippen molar-refractivity contribution in [2.75, 3.05) is 14.1 Å². The number of amides is 2. The molecule has 1 rings (SSSR count). The second-order valence-electron chi connectivity index (χ2n) is 3.45. The number of rotatable bonds is 2. The van der Waals surface area contributed by atoms with Crippen LogP contribution in [-0.2, 0) is 16.1 Å². The molecule has 0 spiro atoms. The monoisotopic (exact) mass is 222 g/mol. The molecule has 5 nitrogen and oxygen atoms in total. The Hall–Kier alpha value is -2.04. The Labute approximate surface area is 94.0 Å². The zero-order valence-corrected chi connectivity index (χ0v) is 9.27. The fraction of sp³-hybridized carbons (Fsp3) is 0.273. The fourth-order valence-electron chi connectivity index (χ4n) is 1.01. The Morgan fingerprint density at radius 1 is 1.25 bits per heavy atom. The molecular formula is C11H14N2O3. The normalized spacial score (nSPS) is 9.38. The molecule has 0 unspecified atom stereocenters. The maximum absolute atomic E-state index is 11.3. The van der Waals surface area contributed by atoms with Gasteiger partial charge in [0, 0.05) is 14.1 Å². The van der Waals surface area contributed by atoms with E-state index in [1.165, 1.54) is 19.0 Å². The standard InChI is InChI=1S/C11H14N2O3/c1-13(2)11(15)16-12-10(14)8-9-6-4-3-5-7-9/h3-7H,8H2,1-2H3,(H,12,14). The van der Waals surface area contributed by atoms with Crippen molar-refractivity contribution in [3.8, 4) is 0 Å². The van der Waals surface area contributed by atoms with Crippen LogP contribution in [0.2, 0.25) is 0 Å². The van der Waals surface area contributed by atoms with Gasteiger partial charge in [0.1, 0.15) is 0 Å². The molecule has 0 aliphatic heterocycles. The average Bonchev–Trinajstić information content (AvgIpc) is 2.27. The minimum atomic E-state index is -0.610. The van der Waals surface area contributed by atoms with Gasteiger partial charge in [0.15, 0.2) is 0 Å². The second-order valence-corrected chi connectivity index (χ2v) is 3.45. The summed E-state index contributed by atoms with van der Waals surface area (Å²) in [5, 5.41) is 0. The second kappa shape index (κ2) is 5.75. The number of nitrogens with zero attached hydrogens (tertiary/aromatic N) is 1. The van der Waals surface area contributed by atoms with Gasteiger partial charge >= 0.3 is 6.09 Å². The molecular weight excluding hydrogens is 208 g/mol. The fourth-order valence-corrected chi connectivity index (χ4v) is 1.01. The van der Waals surface area contributed by atoms with Crippen molar-refractivity contribution in [3.05, 3.63) is 35.9 Å². The van der Waals surface area contributed by atoms with Gasteiger partial charge in [-0.05, 0) is 5.56 Å². The molecule has 0 saturated heterocycles. The van der Waals surface area contributed by atoms with E-state index in [4.69, 9.17) is 0 Å². The topological polar surface area (TPSA) is 58.6 Å². The van der Waals surface area contributed by atoms with Crippen molar-refractivity contribution < 1.29 is 14.4 Å². The first-order valence-electron chi connectivity index (χ1n) is 4.80. The summed E-state index contributed by atoms with van der Waals surface area (Å²) < 4.78 is 0. The van der Waals surface area contributed by atoms with E-state index in [1.54, 1.807) is 0 Å². The summed E-state index contributed by atoms with van der Waals surface area (Å²) in [6, 6.07) is 9.21. The molecule has 1 aromatic rings. The predicted molar refractivity (Wildman–Crippen MR) is 58.5 cm³/mol. The van der Waals surface area contributed by atoms with E-state index in [-0.39, 0.29) is 12.3 Å². The molecule has 0 bridgehead atoms. The van der Waals surface area contributed by atoms with Crippen LogP contribution in [0.15, 0.2) is 30.3 Å².